The molecule has 7 heteroatoms. The molecule has 3 rings (SSSR count). The molecule has 156 valence electrons. The fraction of sp³-hybridized carbons (Fsp3) is 0.455. The van der Waals surface area contributed by atoms with E-state index in [2.05, 4.69) is 23.7 Å². The van der Waals surface area contributed by atoms with E-state index in [1.165, 1.54) is 9.80 Å². The Labute approximate surface area is 177 Å². The highest BCUT2D eigenvalue weighted by atomic mass is 35.5. The summed E-state index contributed by atoms with van der Waals surface area (Å²) < 4.78 is 2.18. The van der Waals surface area contributed by atoms with Gasteiger partial charge in [0.25, 0.3) is 5.91 Å². The van der Waals surface area contributed by atoms with E-state index in [-0.39, 0.29) is 11.7 Å². The van der Waals surface area contributed by atoms with Crippen molar-refractivity contribution in [2.24, 2.45) is 0 Å². The van der Waals surface area contributed by atoms with Crippen LogP contribution in [0, 0.1) is 13.8 Å². The molecule has 2 heterocycles. The molecular weight excluding hydrogens is 388 g/mol. The quantitative estimate of drug-likeness (QED) is 0.569. The van der Waals surface area contributed by atoms with Gasteiger partial charge >= 0.3 is 0 Å². The van der Waals surface area contributed by atoms with E-state index < -0.39 is 0 Å². The van der Waals surface area contributed by atoms with Crippen molar-refractivity contribution in [2.45, 2.75) is 27.3 Å². The van der Waals surface area contributed by atoms with E-state index in [9.17, 15) is 9.59 Å². The van der Waals surface area contributed by atoms with E-state index in [1.54, 1.807) is 12.1 Å². The number of hydrogen-bond acceptors (Lipinski definition) is 2. The van der Waals surface area contributed by atoms with Crippen molar-refractivity contribution in [3.8, 4) is 0 Å². The second-order valence-corrected chi connectivity index (χ2v) is 8.24. The summed E-state index contributed by atoms with van der Waals surface area (Å²) in [6, 6.07) is 9.28. The number of carbonyl (C=O) groups excluding carboxylic acids is 2. The van der Waals surface area contributed by atoms with E-state index >= 15 is 0 Å². The van der Waals surface area contributed by atoms with Gasteiger partial charge in [0.15, 0.2) is 6.54 Å². The van der Waals surface area contributed by atoms with Gasteiger partial charge < -0.3 is 19.7 Å². The first-order valence-corrected chi connectivity index (χ1v) is 10.7. The number of piperazine rings is 1. The first kappa shape index (κ1) is 21.6. The van der Waals surface area contributed by atoms with Gasteiger partial charge in [0.2, 0.25) is 5.78 Å². The normalized spacial score (nSPS) is 19.2. The van der Waals surface area contributed by atoms with Crippen molar-refractivity contribution in [1.82, 2.24) is 4.57 Å². The second kappa shape index (κ2) is 9.57. The number of aryl methyl sites for hydroxylation is 1. The van der Waals surface area contributed by atoms with Crippen molar-refractivity contribution in [1.29, 1.82) is 0 Å². The van der Waals surface area contributed by atoms with Crippen LogP contribution in [0.1, 0.15) is 28.7 Å². The molecule has 1 saturated heterocycles. The third-order valence-electron chi connectivity index (χ3n) is 5.82. The number of nitrogens with one attached hydrogen (secondary N) is 3. The van der Waals surface area contributed by atoms with Crippen LogP contribution in [-0.2, 0) is 11.3 Å². The first-order chi connectivity index (χ1) is 13.9. The fourth-order valence-corrected chi connectivity index (χ4v) is 4.37. The van der Waals surface area contributed by atoms with Crippen molar-refractivity contribution in [3.05, 3.63) is 52.3 Å². The van der Waals surface area contributed by atoms with Gasteiger partial charge in [-0.1, -0.05) is 23.7 Å². The summed E-state index contributed by atoms with van der Waals surface area (Å²) in [5.74, 6) is 0.187. The summed E-state index contributed by atoms with van der Waals surface area (Å²) in [4.78, 5) is 27.7. The number of Topliss-reactive ketones (excluding diaryl/α,β-unsaturated/α-hetero) is 1. The molecule has 1 aromatic carbocycles. The highest BCUT2D eigenvalue weighted by Gasteiger charge is 2.27. The third-order valence-corrected chi connectivity index (χ3v) is 6.15. The molecule has 6 nitrogen and oxygen atoms in total. The standard InChI is InChI=1S/C22H29ClN4O2/c1-4-27-16(2)13-18(17(27)3)21(28)14-25-9-11-26(12-10-25)15-22(29)24-20-8-6-5-7-19(20)23/h5-8,13H,4,9-12,14-15H2,1-3H3,(H,24,29)/p+2. The largest absolute Gasteiger partial charge is 0.349 e. The molecule has 1 amide bonds. The van der Waals surface area contributed by atoms with E-state index in [0.717, 1.165) is 49.7 Å². The lowest BCUT2D eigenvalue weighted by molar-refractivity contribution is -1.00. The van der Waals surface area contributed by atoms with Crippen LogP contribution in [0.25, 0.3) is 0 Å². The molecule has 0 bridgehead atoms. The number of hydrogen-bond donors (Lipinski definition) is 3. The van der Waals surface area contributed by atoms with Gasteiger partial charge in [-0.05, 0) is 39.0 Å². The van der Waals surface area contributed by atoms with Crippen molar-refractivity contribution < 1.29 is 19.4 Å². The van der Waals surface area contributed by atoms with Crippen LogP contribution in [0.5, 0.6) is 0 Å². The zero-order chi connectivity index (χ0) is 21.0. The van der Waals surface area contributed by atoms with Gasteiger partial charge in [0, 0.05) is 23.5 Å². The molecule has 1 fully saturated rings. The summed E-state index contributed by atoms with van der Waals surface area (Å²) in [7, 11) is 0. The van der Waals surface area contributed by atoms with Crippen LogP contribution in [0.2, 0.25) is 5.02 Å². The molecule has 0 atom stereocenters. The number of nitrogens with zero attached hydrogens (tertiary/aromatic N) is 1. The Bertz CT molecular complexity index is 885. The summed E-state index contributed by atoms with van der Waals surface area (Å²) in [5.41, 5.74) is 3.71. The molecule has 1 aromatic heterocycles. The Morgan fingerprint density at radius 2 is 1.69 bits per heavy atom. The first-order valence-electron chi connectivity index (χ1n) is 10.3. The Kier molecular flexibility index (Phi) is 7.11. The van der Waals surface area contributed by atoms with Crippen LogP contribution in [0.4, 0.5) is 5.69 Å². The summed E-state index contributed by atoms with van der Waals surface area (Å²) in [6.45, 7) is 11.6. The van der Waals surface area contributed by atoms with Crippen LogP contribution in [0.3, 0.4) is 0 Å². The number of benzene rings is 1. The Morgan fingerprint density at radius 1 is 1.07 bits per heavy atom. The second-order valence-electron chi connectivity index (χ2n) is 7.83. The molecule has 0 saturated carbocycles. The molecule has 29 heavy (non-hydrogen) atoms. The van der Waals surface area contributed by atoms with Gasteiger partial charge in [-0.25, -0.2) is 0 Å². The highest BCUT2D eigenvalue weighted by Crippen LogP contribution is 2.20. The number of ketones is 1. The van der Waals surface area contributed by atoms with Crippen LogP contribution < -0.4 is 15.1 Å². The van der Waals surface area contributed by atoms with E-state index in [0.29, 0.717) is 23.8 Å². The number of aromatic nitrogens is 1. The van der Waals surface area contributed by atoms with Gasteiger partial charge in [0.05, 0.1) is 10.7 Å². The molecule has 3 N–H and O–H groups in total. The van der Waals surface area contributed by atoms with Crippen molar-refractivity contribution in [2.75, 3.05) is 44.6 Å². The molecule has 0 unspecified atom stereocenters. The number of quaternary nitrogens is 2. The van der Waals surface area contributed by atoms with Crippen molar-refractivity contribution >= 4 is 29.0 Å². The number of anilines is 1. The lowest BCUT2D eigenvalue weighted by atomic mass is 10.1. The molecule has 1 aliphatic heterocycles. The zero-order valence-corrected chi connectivity index (χ0v) is 18.2. The van der Waals surface area contributed by atoms with E-state index in [4.69, 9.17) is 11.6 Å². The predicted octanol–water partition coefficient (Wildman–Crippen LogP) is 0.383. The van der Waals surface area contributed by atoms with Crippen LogP contribution in [-0.4, -0.2) is 55.5 Å². The molecule has 0 radical (unpaired) electrons. The molecular formula is C22H31ClN4O2+2. The lowest BCUT2D eigenvalue weighted by Crippen LogP contribution is -3.28. The van der Waals surface area contributed by atoms with Gasteiger partial charge in [0.1, 0.15) is 32.7 Å². The van der Waals surface area contributed by atoms with Crippen LogP contribution >= 0.6 is 11.6 Å². The summed E-state index contributed by atoms with van der Waals surface area (Å²) >= 11 is 6.10. The maximum Gasteiger partial charge on any atom is 0.279 e. The topological polar surface area (TPSA) is 60.0 Å². The number of rotatable bonds is 7. The lowest BCUT2D eigenvalue weighted by Gasteiger charge is -2.29. The van der Waals surface area contributed by atoms with Gasteiger partial charge in [-0.15, -0.1) is 0 Å². The minimum absolute atomic E-state index is 0.0281. The number of halogens is 1. The predicted molar refractivity (Wildman–Crippen MR) is 115 cm³/mol. The Morgan fingerprint density at radius 3 is 2.28 bits per heavy atom. The maximum absolute atomic E-state index is 12.8. The molecule has 2 aromatic rings. The van der Waals surface area contributed by atoms with Gasteiger partial charge in [-0.3, -0.25) is 9.59 Å². The number of carbonyl (C=O) groups is 2. The highest BCUT2D eigenvalue weighted by molar-refractivity contribution is 6.33. The molecule has 0 spiro atoms. The number of para-hydroxylation sites is 1. The Hall–Kier alpha value is -2.15. The third kappa shape index (κ3) is 5.26. The molecule has 1 aliphatic rings. The minimum Gasteiger partial charge on any atom is -0.349 e. The Balaban J connectivity index is 1.47. The average Bonchev–Trinajstić information content (AvgIpc) is 2.98. The monoisotopic (exact) mass is 418 g/mol. The number of amides is 1. The minimum atomic E-state index is -0.0281. The zero-order valence-electron chi connectivity index (χ0n) is 17.5. The summed E-state index contributed by atoms with van der Waals surface area (Å²) in [6.07, 6.45) is 0. The fourth-order valence-electron chi connectivity index (χ4n) is 4.19. The smallest absolute Gasteiger partial charge is 0.279 e. The SMILES string of the molecule is CCn1c(C)cc(C(=O)C[NH+]2CC[NH+](CC(=O)Nc3ccccc3Cl)CC2)c1C. The van der Waals surface area contributed by atoms with Crippen LogP contribution in [0.15, 0.2) is 30.3 Å². The average molecular weight is 419 g/mol. The maximum atomic E-state index is 12.8. The van der Waals surface area contributed by atoms with Crippen molar-refractivity contribution in [3.63, 3.8) is 0 Å². The molecule has 0 aliphatic carbocycles. The van der Waals surface area contributed by atoms with E-state index in [1.807, 2.05) is 25.1 Å². The van der Waals surface area contributed by atoms with Gasteiger partial charge in [-0.2, -0.15) is 0 Å². The summed E-state index contributed by atoms with van der Waals surface area (Å²) in [5, 5.41) is 3.43.